The maximum atomic E-state index is 2.56. The molecule has 0 heterocycles. The van der Waals surface area contributed by atoms with Crippen LogP contribution in [0.25, 0.3) is 0 Å². The van der Waals surface area contributed by atoms with E-state index in [1.165, 1.54) is 83.5 Å². The van der Waals surface area contributed by atoms with E-state index in [9.17, 15) is 0 Å². The molecule has 0 unspecified atom stereocenters. The summed E-state index contributed by atoms with van der Waals surface area (Å²) < 4.78 is 0. The molecule has 0 aromatic rings. The van der Waals surface area contributed by atoms with E-state index in [1.54, 1.807) is 0 Å². The van der Waals surface area contributed by atoms with Crippen molar-refractivity contribution >= 4 is 0 Å². The summed E-state index contributed by atoms with van der Waals surface area (Å²) >= 11 is 0. The molecule has 0 aliphatic heterocycles. The van der Waals surface area contributed by atoms with Gasteiger partial charge in [-0.3, -0.25) is 0 Å². The van der Waals surface area contributed by atoms with E-state index < -0.39 is 0 Å². The van der Waals surface area contributed by atoms with E-state index in [1.807, 2.05) is 0 Å². The predicted octanol–water partition coefficient (Wildman–Crippen LogP) is 6.10. The molecule has 0 aromatic heterocycles. The summed E-state index contributed by atoms with van der Waals surface area (Å²) in [5.41, 5.74) is 0.687. The van der Waals surface area contributed by atoms with Crippen molar-refractivity contribution in [3.05, 3.63) is 0 Å². The van der Waals surface area contributed by atoms with Gasteiger partial charge in [0.1, 0.15) is 0 Å². The minimum atomic E-state index is 0.687. The van der Waals surface area contributed by atoms with Gasteiger partial charge in [0.25, 0.3) is 0 Å². The van der Waals surface area contributed by atoms with Crippen molar-refractivity contribution in [2.24, 2.45) is 5.41 Å². The van der Waals surface area contributed by atoms with Gasteiger partial charge in [0.05, 0.1) is 0 Å². The second kappa shape index (κ2) is 8.14. The second-order valence-corrected chi connectivity index (χ2v) is 6.24. The summed E-state index contributed by atoms with van der Waals surface area (Å²) in [7, 11) is 0. The van der Waals surface area contributed by atoms with Crippen LogP contribution < -0.4 is 0 Å². The Morgan fingerprint density at radius 3 is 1.75 bits per heavy atom. The Bertz CT molecular complexity index is 144. The van der Waals surface area contributed by atoms with E-state index in [-0.39, 0.29) is 0 Å². The van der Waals surface area contributed by atoms with Crippen molar-refractivity contribution in [2.75, 3.05) is 0 Å². The van der Waals surface area contributed by atoms with Crippen molar-refractivity contribution in [1.82, 2.24) is 0 Å². The molecular weight excluding hydrogens is 192 g/mol. The summed E-state index contributed by atoms with van der Waals surface area (Å²) in [6.07, 6.45) is 19.2. The van der Waals surface area contributed by atoms with Crippen LogP contribution in [0, 0.1) is 5.41 Å². The van der Waals surface area contributed by atoms with Crippen LogP contribution in [0.2, 0.25) is 0 Å². The Balaban J connectivity index is 2.32. The van der Waals surface area contributed by atoms with Gasteiger partial charge in [-0.25, -0.2) is 0 Å². The lowest BCUT2D eigenvalue weighted by atomic mass is 9.75. The molecule has 0 heteroatoms. The first-order valence-corrected chi connectivity index (χ1v) is 7.77. The standard InChI is InChI=1S/C16H32/c1-3-4-10-13-16(2)14-11-8-6-5-7-9-12-15-16/h3-15H2,1-2H3. The largest absolute Gasteiger partial charge is 0.0654 e. The first kappa shape index (κ1) is 14.1. The van der Waals surface area contributed by atoms with Crippen molar-refractivity contribution in [2.45, 2.75) is 97.3 Å². The van der Waals surface area contributed by atoms with Crippen LogP contribution in [0.5, 0.6) is 0 Å². The fraction of sp³-hybridized carbons (Fsp3) is 1.00. The van der Waals surface area contributed by atoms with Gasteiger partial charge in [0.15, 0.2) is 0 Å². The molecule has 0 spiro atoms. The molecular formula is C16H32. The summed E-state index contributed by atoms with van der Waals surface area (Å²) in [6, 6.07) is 0. The summed E-state index contributed by atoms with van der Waals surface area (Å²) in [4.78, 5) is 0. The Hall–Kier alpha value is 0. The number of hydrogen-bond donors (Lipinski definition) is 0. The molecule has 0 atom stereocenters. The molecule has 1 rings (SSSR count). The van der Waals surface area contributed by atoms with Crippen LogP contribution in [0.15, 0.2) is 0 Å². The molecule has 0 amide bonds. The SMILES string of the molecule is CCCCCC1(C)CCCCCCCCC1. The molecule has 1 aliphatic carbocycles. The zero-order valence-corrected chi connectivity index (χ0v) is 11.7. The number of rotatable bonds is 4. The molecule has 16 heavy (non-hydrogen) atoms. The third kappa shape index (κ3) is 5.92. The van der Waals surface area contributed by atoms with Gasteiger partial charge in [-0.2, -0.15) is 0 Å². The normalized spacial score (nSPS) is 22.9. The Labute approximate surface area is 103 Å². The van der Waals surface area contributed by atoms with Crippen LogP contribution in [0.3, 0.4) is 0 Å². The molecule has 1 fully saturated rings. The van der Waals surface area contributed by atoms with Crippen LogP contribution in [0.1, 0.15) is 97.3 Å². The Morgan fingerprint density at radius 2 is 1.25 bits per heavy atom. The highest BCUT2D eigenvalue weighted by molar-refractivity contribution is 4.75. The average molecular weight is 224 g/mol. The van der Waals surface area contributed by atoms with Crippen molar-refractivity contribution in [1.29, 1.82) is 0 Å². The minimum absolute atomic E-state index is 0.687. The van der Waals surface area contributed by atoms with E-state index in [0.29, 0.717) is 5.41 Å². The first-order chi connectivity index (χ1) is 7.77. The summed E-state index contributed by atoms with van der Waals surface area (Å²) in [6.45, 7) is 4.87. The summed E-state index contributed by atoms with van der Waals surface area (Å²) in [5, 5.41) is 0. The van der Waals surface area contributed by atoms with Gasteiger partial charge in [-0.15, -0.1) is 0 Å². The molecule has 1 saturated carbocycles. The third-order valence-electron chi connectivity index (χ3n) is 4.44. The van der Waals surface area contributed by atoms with Gasteiger partial charge < -0.3 is 0 Å². The van der Waals surface area contributed by atoms with Crippen molar-refractivity contribution in [3.63, 3.8) is 0 Å². The van der Waals surface area contributed by atoms with E-state index in [0.717, 1.165) is 0 Å². The predicted molar refractivity (Wildman–Crippen MR) is 73.8 cm³/mol. The second-order valence-electron chi connectivity index (χ2n) is 6.24. The molecule has 0 saturated heterocycles. The van der Waals surface area contributed by atoms with Gasteiger partial charge in [0.2, 0.25) is 0 Å². The van der Waals surface area contributed by atoms with Gasteiger partial charge >= 0.3 is 0 Å². The lowest BCUT2D eigenvalue weighted by molar-refractivity contribution is 0.219. The highest BCUT2D eigenvalue weighted by atomic mass is 14.3. The highest BCUT2D eigenvalue weighted by Gasteiger charge is 2.22. The molecule has 0 aromatic carbocycles. The maximum absolute atomic E-state index is 2.56. The number of unbranched alkanes of at least 4 members (excludes halogenated alkanes) is 2. The lowest BCUT2D eigenvalue weighted by Gasteiger charge is -2.31. The Morgan fingerprint density at radius 1 is 0.750 bits per heavy atom. The molecule has 0 N–H and O–H groups in total. The van der Waals surface area contributed by atoms with Crippen molar-refractivity contribution in [3.8, 4) is 0 Å². The summed E-state index contributed by atoms with van der Waals surface area (Å²) in [5.74, 6) is 0. The van der Waals surface area contributed by atoms with Gasteiger partial charge in [-0.1, -0.05) is 78.1 Å². The molecule has 0 nitrogen and oxygen atoms in total. The van der Waals surface area contributed by atoms with Gasteiger partial charge in [0, 0.05) is 0 Å². The maximum Gasteiger partial charge on any atom is -0.0326 e. The fourth-order valence-electron chi connectivity index (χ4n) is 3.16. The van der Waals surface area contributed by atoms with Gasteiger partial charge in [-0.05, 0) is 24.7 Å². The van der Waals surface area contributed by atoms with Crippen LogP contribution in [-0.2, 0) is 0 Å². The van der Waals surface area contributed by atoms with Crippen molar-refractivity contribution < 1.29 is 0 Å². The quantitative estimate of drug-likeness (QED) is 0.506. The monoisotopic (exact) mass is 224 g/mol. The molecule has 96 valence electrons. The smallest absolute Gasteiger partial charge is 0.0326 e. The highest BCUT2D eigenvalue weighted by Crippen LogP contribution is 2.37. The van der Waals surface area contributed by atoms with E-state index in [4.69, 9.17) is 0 Å². The van der Waals surface area contributed by atoms with Crippen LogP contribution in [0.4, 0.5) is 0 Å². The average Bonchev–Trinajstić information content (AvgIpc) is 2.28. The van der Waals surface area contributed by atoms with E-state index in [2.05, 4.69) is 13.8 Å². The zero-order chi connectivity index (χ0) is 11.7. The fourth-order valence-corrected chi connectivity index (χ4v) is 3.16. The molecule has 0 radical (unpaired) electrons. The van der Waals surface area contributed by atoms with Crippen LogP contribution in [-0.4, -0.2) is 0 Å². The van der Waals surface area contributed by atoms with Crippen LogP contribution >= 0.6 is 0 Å². The number of hydrogen-bond acceptors (Lipinski definition) is 0. The van der Waals surface area contributed by atoms with E-state index >= 15 is 0 Å². The topological polar surface area (TPSA) is 0 Å². The minimum Gasteiger partial charge on any atom is -0.0654 e. The third-order valence-corrected chi connectivity index (χ3v) is 4.44. The lowest BCUT2D eigenvalue weighted by Crippen LogP contribution is -2.17. The zero-order valence-electron chi connectivity index (χ0n) is 11.7. The first-order valence-electron chi connectivity index (χ1n) is 7.77. The molecule has 0 bridgehead atoms. The Kier molecular flexibility index (Phi) is 7.16. The molecule has 1 aliphatic rings.